The van der Waals surface area contributed by atoms with Gasteiger partial charge in [-0.2, -0.15) is 0 Å². The Morgan fingerprint density at radius 1 is 1.06 bits per heavy atom. The molecule has 4 rings (SSSR count). The number of halogens is 2. The zero-order valence-corrected chi connectivity index (χ0v) is 18.7. The summed E-state index contributed by atoms with van der Waals surface area (Å²) >= 11 is 7.45. The summed E-state index contributed by atoms with van der Waals surface area (Å²) in [5.41, 5.74) is 2.07. The van der Waals surface area contributed by atoms with E-state index in [4.69, 9.17) is 16.3 Å². The third-order valence-corrected chi connectivity index (χ3v) is 5.78. The van der Waals surface area contributed by atoms with Gasteiger partial charge in [0.1, 0.15) is 11.6 Å². The summed E-state index contributed by atoms with van der Waals surface area (Å²) in [6, 6.07) is 20.4. The van der Waals surface area contributed by atoms with Gasteiger partial charge in [0.15, 0.2) is 16.8 Å². The lowest BCUT2D eigenvalue weighted by molar-refractivity contribution is 0.102. The van der Waals surface area contributed by atoms with Crippen LogP contribution in [-0.2, 0) is 0 Å². The van der Waals surface area contributed by atoms with Gasteiger partial charge in [0.25, 0.3) is 0 Å². The van der Waals surface area contributed by atoms with Gasteiger partial charge in [-0.05, 0) is 67.6 Å². The number of ether oxygens (including phenoxy) is 1. The second kappa shape index (κ2) is 9.97. The summed E-state index contributed by atoms with van der Waals surface area (Å²) in [5, 5.41) is 9.84. The first-order chi connectivity index (χ1) is 15.5. The van der Waals surface area contributed by atoms with E-state index < -0.39 is 0 Å². The maximum Gasteiger partial charge on any atom is 0.196 e. The second-order valence-electron chi connectivity index (χ2n) is 6.80. The van der Waals surface area contributed by atoms with Gasteiger partial charge in [-0.15, -0.1) is 10.2 Å². The Morgan fingerprint density at radius 3 is 2.50 bits per heavy atom. The first-order valence-electron chi connectivity index (χ1n) is 9.91. The summed E-state index contributed by atoms with van der Waals surface area (Å²) in [5.74, 6) is 0.995. The molecule has 5 nitrogen and oxygen atoms in total. The molecule has 0 saturated heterocycles. The minimum atomic E-state index is -0.379. The average Bonchev–Trinajstić information content (AvgIpc) is 3.23. The summed E-state index contributed by atoms with van der Waals surface area (Å²) in [6.45, 7) is 2.50. The fourth-order valence-electron chi connectivity index (χ4n) is 3.12. The van der Waals surface area contributed by atoms with E-state index in [9.17, 15) is 9.18 Å². The topological polar surface area (TPSA) is 57.0 Å². The second-order valence-corrected chi connectivity index (χ2v) is 8.18. The number of carbonyl (C=O) groups is 1. The molecule has 0 aliphatic heterocycles. The monoisotopic (exact) mass is 467 g/mol. The quantitative estimate of drug-likeness (QED) is 0.231. The van der Waals surface area contributed by atoms with Crippen molar-refractivity contribution in [1.29, 1.82) is 0 Å². The third-order valence-electron chi connectivity index (χ3n) is 4.62. The Labute approximate surface area is 194 Å². The van der Waals surface area contributed by atoms with E-state index in [1.54, 1.807) is 6.07 Å². The van der Waals surface area contributed by atoms with Crippen LogP contribution in [0.15, 0.2) is 78.0 Å². The molecule has 0 spiro atoms. The zero-order chi connectivity index (χ0) is 22.5. The predicted molar refractivity (Wildman–Crippen MR) is 124 cm³/mol. The molecule has 32 heavy (non-hydrogen) atoms. The van der Waals surface area contributed by atoms with Crippen molar-refractivity contribution in [1.82, 2.24) is 14.8 Å². The minimum absolute atomic E-state index is 0.124. The van der Waals surface area contributed by atoms with Gasteiger partial charge < -0.3 is 4.74 Å². The lowest BCUT2D eigenvalue weighted by atomic mass is 10.1. The number of hydrogen-bond acceptors (Lipinski definition) is 5. The molecule has 0 saturated carbocycles. The molecule has 1 aromatic heterocycles. The van der Waals surface area contributed by atoms with E-state index in [2.05, 4.69) is 10.2 Å². The molecule has 0 fully saturated rings. The third kappa shape index (κ3) is 5.00. The minimum Gasteiger partial charge on any atom is -0.494 e. The van der Waals surface area contributed by atoms with Crippen LogP contribution >= 0.6 is 23.4 Å². The molecule has 8 heteroatoms. The number of benzene rings is 3. The first-order valence-corrected chi connectivity index (χ1v) is 11.3. The highest BCUT2D eigenvalue weighted by Gasteiger charge is 2.18. The largest absolute Gasteiger partial charge is 0.494 e. The van der Waals surface area contributed by atoms with Gasteiger partial charge in [0.05, 0.1) is 12.4 Å². The molecule has 0 N–H and O–H groups in total. The van der Waals surface area contributed by atoms with Crippen LogP contribution < -0.4 is 4.74 Å². The van der Waals surface area contributed by atoms with Crippen molar-refractivity contribution in [2.24, 2.45) is 0 Å². The lowest BCUT2D eigenvalue weighted by Crippen LogP contribution is -2.05. The standard InChI is InChI=1S/C24H19ClFN3O2S/c1-2-31-21-12-10-20(11-13-21)29-23(17-4-3-5-18(25)14-17)27-28-24(29)32-15-22(30)16-6-8-19(26)9-7-16/h3-14H,2,15H2,1H3. The van der Waals surface area contributed by atoms with Crippen molar-refractivity contribution < 1.29 is 13.9 Å². The molecule has 162 valence electrons. The van der Waals surface area contributed by atoms with Crippen LogP contribution in [0.1, 0.15) is 17.3 Å². The van der Waals surface area contributed by atoms with E-state index >= 15 is 0 Å². The maximum atomic E-state index is 13.2. The average molecular weight is 468 g/mol. The molecular weight excluding hydrogens is 449 g/mol. The number of carbonyl (C=O) groups excluding carboxylic acids is 1. The van der Waals surface area contributed by atoms with Crippen molar-refractivity contribution in [3.05, 3.63) is 89.2 Å². The molecule has 3 aromatic carbocycles. The van der Waals surface area contributed by atoms with Crippen molar-refractivity contribution in [3.63, 3.8) is 0 Å². The smallest absolute Gasteiger partial charge is 0.196 e. The Kier molecular flexibility index (Phi) is 6.87. The van der Waals surface area contributed by atoms with Crippen LogP contribution in [0.4, 0.5) is 4.39 Å². The van der Waals surface area contributed by atoms with Crippen LogP contribution in [0, 0.1) is 5.82 Å². The van der Waals surface area contributed by atoms with Gasteiger partial charge in [-0.1, -0.05) is 35.5 Å². The molecule has 0 bridgehead atoms. The zero-order valence-electron chi connectivity index (χ0n) is 17.2. The van der Waals surface area contributed by atoms with Crippen LogP contribution in [0.2, 0.25) is 5.02 Å². The molecule has 0 aliphatic carbocycles. The number of nitrogens with zero attached hydrogens (tertiary/aromatic N) is 3. The maximum absolute atomic E-state index is 13.2. The van der Waals surface area contributed by atoms with Crippen molar-refractivity contribution in [2.75, 3.05) is 12.4 Å². The Bertz CT molecular complexity index is 1230. The Balaban J connectivity index is 1.67. The first kappa shape index (κ1) is 22.0. The molecule has 0 radical (unpaired) electrons. The van der Waals surface area contributed by atoms with E-state index in [1.807, 2.05) is 54.0 Å². The number of Topliss-reactive ketones (excluding diaryl/α,β-unsaturated/α-hetero) is 1. The summed E-state index contributed by atoms with van der Waals surface area (Å²) in [4.78, 5) is 12.6. The molecule has 0 aliphatic rings. The van der Waals surface area contributed by atoms with E-state index in [1.165, 1.54) is 36.0 Å². The van der Waals surface area contributed by atoms with Gasteiger partial charge in [-0.3, -0.25) is 9.36 Å². The van der Waals surface area contributed by atoms with Crippen molar-refractivity contribution >= 4 is 29.1 Å². The van der Waals surface area contributed by atoms with Crippen molar-refractivity contribution in [3.8, 4) is 22.8 Å². The van der Waals surface area contributed by atoms with E-state index in [0.29, 0.717) is 28.2 Å². The highest BCUT2D eigenvalue weighted by Crippen LogP contribution is 2.30. The number of aromatic nitrogens is 3. The summed E-state index contributed by atoms with van der Waals surface area (Å²) < 4.78 is 20.6. The van der Waals surface area contributed by atoms with Crippen LogP contribution in [0.5, 0.6) is 5.75 Å². The Morgan fingerprint density at radius 2 is 1.81 bits per heavy atom. The van der Waals surface area contributed by atoms with E-state index in [0.717, 1.165) is 17.0 Å². The number of rotatable bonds is 8. The van der Waals surface area contributed by atoms with E-state index in [-0.39, 0.29) is 17.4 Å². The molecule has 0 unspecified atom stereocenters. The lowest BCUT2D eigenvalue weighted by Gasteiger charge is -2.11. The molecular formula is C24H19ClFN3O2S. The SMILES string of the molecule is CCOc1ccc(-n2c(SCC(=O)c3ccc(F)cc3)nnc2-c2cccc(Cl)c2)cc1. The van der Waals surface area contributed by atoms with Crippen molar-refractivity contribution in [2.45, 2.75) is 12.1 Å². The highest BCUT2D eigenvalue weighted by atomic mass is 35.5. The van der Waals surface area contributed by atoms with Gasteiger partial charge >= 0.3 is 0 Å². The molecule has 0 atom stereocenters. The Hall–Kier alpha value is -3.16. The number of hydrogen-bond donors (Lipinski definition) is 0. The number of ketones is 1. The van der Waals surface area contributed by atoms with Gasteiger partial charge in [0.2, 0.25) is 0 Å². The molecule has 4 aromatic rings. The van der Waals surface area contributed by atoms with Gasteiger partial charge in [0, 0.05) is 21.8 Å². The normalized spacial score (nSPS) is 10.8. The molecule has 0 amide bonds. The fraction of sp³-hybridized carbons (Fsp3) is 0.125. The van der Waals surface area contributed by atoms with Gasteiger partial charge in [-0.25, -0.2) is 4.39 Å². The molecule has 1 heterocycles. The van der Waals surface area contributed by atoms with Crippen LogP contribution in [-0.4, -0.2) is 32.9 Å². The fourth-order valence-corrected chi connectivity index (χ4v) is 4.15. The predicted octanol–water partition coefficient (Wildman–Crippen LogP) is 6.10. The van der Waals surface area contributed by atoms with Crippen LogP contribution in [0.3, 0.4) is 0 Å². The summed E-state index contributed by atoms with van der Waals surface area (Å²) in [6.07, 6.45) is 0. The van der Waals surface area contributed by atoms with Crippen LogP contribution in [0.25, 0.3) is 17.1 Å². The highest BCUT2D eigenvalue weighted by molar-refractivity contribution is 7.99. The number of thioether (sulfide) groups is 1. The summed E-state index contributed by atoms with van der Waals surface area (Å²) in [7, 11) is 0.